The highest BCUT2D eigenvalue weighted by molar-refractivity contribution is 5.94. The highest BCUT2D eigenvalue weighted by Gasteiger charge is 2.37. The van der Waals surface area contributed by atoms with Crippen LogP contribution in [0.15, 0.2) is 57.7 Å². The lowest BCUT2D eigenvalue weighted by atomic mass is 10.1. The van der Waals surface area contributed by atoms with Gasteiger partial charge in [-0.15, -0.1) is 10.2 Å². The van der Waals surface area contributed by atoms with Crippen LogP contribution in [0.4, 0.5) is 4.79 Å². The van der Waals surface area contributed by atoms with Crippen molar-refractivity contribution in [1.29, 1.82) is 0 Å². The number of nitrogens with zero attached hydrogens (tertiary/aromatic N) is 5. The molecule has 2 aromatic carbocycles. The molecule has 0 radical (unpaired) electrons. The Morgan fingerprint density at radius 2 is 1.80 bits per heavy atom. The van der Waals surface area contributed by atoms with E-state index < -0.39 is 17.6 Å². The van der Waals surface area contributed by atoms with E-state index in [0.717, 1.165) is 18.4 Å². The Morgan fingerprint density at radius 3 is 2.45 bits per heavy atom. The van der Waals surface area contributed by atoms with Crippen LogP contribution in [-0.4, -0.2) is 54.0 Å². The zero-order valence-electron chi connectivity index (χ0n) is 25.5. The molecule has 44 heavy (non-hydrogen) atoms. The fraction of sp³-hybridized carbons (Fsp3) is 0.406. The van der Waals surface area contributed by atoms with Crippen molar-refractivity contribution in [2.24, 2.45) is 0 Å². The van der Waals surface area contributed by atoms with Gasteiger partial charge >= 0.3 is 11.8 Å². The topological polar surface area (TPSA) is 134 Å². The Morgan fingerprint density at radius 1 is 1.07 bits per heavy atom. The number of nitrogens with one attached hydrogen (secondary N) is 1. The molecule has 2 amide bonds. The molecule has 3 heterocycles. The molecule has 1 saturated carbocycles. The molecule has 0 saturated heterocycles. The quantitative estimate of drug-likeness (QED) is 0.325. The second-order valence-corrected chi connectivity index (χ2v) is 12.3. The van der Waals surface area contributed by atoms with Gasteiger partial charge in [-0.1, -0.05) is 18.2 Å². The summed E-state index contributed by atoms with van der Waals surface area (Å²) in [6.07, 6.45) is 1.78. The van der Waals surface area contributed by atoms with E-state index in [1.54, 1.807) is 61.4 Å². The molecule has 1 N–H and O–H groups in total. The van der Waals surface area contributed by atoms with Crippen LogP contribution in [-0.2, 0) is 24.4 Å². The molecule has 4 aromatic rings. The molecule has 2 aliphatic rings. The molecule has 1 aliphatic carbocycles. The summed E-state index contributed by atoms with van der Waals surface area (Å²) in [5, 5.41) is 11.0. The van der Waals surface area contributed by atoms with Crippen molar-refractivity contribution >= 4 is 12.0 Å². The molecular weight excluding hydrogens is 564 g/mol. The van der Waals surface area contributed by atoms with Crippen LogP contribution in [0.5, 0.6) is 5.75 Å². The summed E-state index contributed by atoms with van der Waals surface area (Å²) < 4.78 is 20.2. The standard InChI is InChI=1S/C32H36N6O6/c1-19-17-37-26(18-36(19)31(41)44-32(3,4)5)27(38(30(37)40)22-10-12-23(13-11-22)43-24-14-15-24)28(39)33-16-21-8-6-7-9-25(21)29-35-34-20(2)42-29/h6-13,19,24H,14-18H2,1-5H3,(H,33,39)/t19-/m1/s1. The van der Waals surface area contributed by atoms with Crippen molar-refractivity contribution in [2.45, 2.75) is 84.8 Å². The normalized spacial score (nSPS) is 16.4. The molecule has 1 aliphatic heterocycles. The number of amides is 2. The zero-order valence-corrected chi connectivity index (χ0v) is 25.5. The first kappa shape index (κ1) is 29.2. The van der Waals surface area contributed by atoms with Gasteiger partial charge in [0.25, 0.3) is 5.91 Å². The zero-order chi connectivity index (χ0) is 31.2. The van der Waals surface area contributed by atoms with Gasteiger partial charge in [0.15, 0.2) is 0 Å². The number of carbonyl (C=O) groups excluding carboxylic acids is 2. The fourth-order valence-corrected chi connectivity index (χ4v) is 5.25. The van der Waals surface area contributed by atoms with Crippen LogP contribution < -0.4 is 15.7 Å². The minimum Gasteiger partial charge on any atom is -0.490 e. The van der Waals surface area contributed by atoms with Gasteiger partial charge in [-0.05, 0) is 76.4 Å². The number of rotatable bonds is 7. The molecule has 230 valence electrons. The second-order valence-electron chi connectivity index (χ2n) is 12.3. The van der Waals surface area contributed by atoms with E-state index in [2.05, 4.69) is 15.5 Å². The molecule has 2 aromatic heterocycles. The second kappa shape index (κ2) is 11.3. The average Bonchev–Trinajstić information content (AvgIpc) is 3.62. The van der Waals surface area contributed by atoms with E-state index in [1.165, 1.54) is 4.57 Å². The van der Waals surface area contributed by atoms with Crippen molar-refractivity contribution in [1.82, 2.24) is 29.5 Å². The van der Waals surface area contributed by atoms with E-state index in [0.29, 0.717) is 34.5 Å². The number of hydrogen-bond donors (Lipinski definition) is 1. The third kappa shape index (κ3) is 5.97. The van der Waals surface area contributed by atoms with Crippen molar-refractivity contribution in [3.8, 4) is 22.9 Å². The number of aryl methyl sites for hydroxylation is 1. The molecule has 0 unspecified atom stereocenters. The maximum absolute atomic E-state index is 14.1. The first-order valence-electron chi connectivity index (χ1n) is 14.8. The van der Waals surface area contributed by atoms with Crippen molar-refractivity contribution in [3.05, 3.63) is 81.9 Å². The van der Waals surface area contributed by atoms with E-state index in [4.69, 9.17) is 13.9 Å². The lowest BCUT2D eigenvalue weighted by Crippen LogP contribution is -2.48. The highest BCUT2D eigenvalue weighted by atomic mass is 16.6. The molecule has 1 fully saturated rings. The predicted octanol–water partition coefficient (Wildman–Crippen LogP) is 4.61. The van der Waals surface area contributed by atoms with Crippen LogP contribution in [0.3, 0.4) is 0 Å². The van der Waals surface area contributed by atoms with Crippen molar-refractivity contribution in [3.63, 3.8) is 0 Å². The third-order valence-corrected chi connectivity index (χ3v) is 7.52. The van der Waals surface area contributed by atoms with Crippen LogP contribution in [0.25, 0.3) is 17.1 Å². The van der Waals surface area contributed by atoms with Crippen molar-refractivity contribution < 1.29 is 23.5 Å². The first-order chi connectivity index (χ1) is 21.0. The smallest absolute Gasteiger partial charge is 0.410 e. The Bertz CT molecular complexity index is 1760. The van der Waals surface area contributed by atoms with Crippen LogP contribution in [0, 0.1) is 6.92 Å². The summed E-state index contributed by atoms with van der Waals surface area (Å²) in [5.74, 6) is 1.02. The number of carbonyl (C=O) groups is 2. The minimum atomic E-state index is -0.700. The number of ether oxygens (including phenoxy) is 2. The minimum absolute atomic E-state index is 0.0296. The molecule has 6 rings (SSSR count). The van der Waals surface area contributed by atoms with Gasteiger partial charge in [0.2, 0.25) is 11.8 Å². The van der Waals surface area contributed by atoms with E-state index in [9.17, 15) is 14.4 Å². The monoisotopic (exact) mass is 600 g/mol. The Kier molecular flexibility index (Phi) is 7.52. The van der Waals surface area contributed by atoms with Gasteiger partial charge in [0, 0.05) is 25.6 Å². The Balaban J connectivity index is 1.36. The summed E-state index contributed by atoms with van der Waals surface area (Å²) in [6.45, 7) is 9.35. The number of benzene rings is 2. The van der Waals surface area contributed by atoms with Gasteiger partial charge < -0.3 is 19.2 Å². The number of fused-ring (bicyclic) bond motifs is 1. The van der Waals surface area contributed by atoms with Crippen LogP contribution in [0.2, 0.25) is 0 Å². The molecular formula is C32H36N6O6. The lowest BCUT2D eigenvalue weighted by molar-refractivity contribution is 0.00950. The lowest BCUT2D eigenvalue weighted by Gasteiger charge is -2.35. The molecule has 1 atom stereocenters. The molecule has 12 nitrogen and oxygen atoms in total. The summed E-state index contributed by atoms with van der Waals surface area (Å²) in [7, 11) is 0. The van der Waals surface area contributed by atoms with E-state index in [-0.39, 0.29) is 43.2 Å². The van der Waals surface area contributed by atoms with Crippen molar-refractivity contribution in [2.75, 3.05) is 0 Å². The van der Waals surface area contributed by atoms with Gasteiger partial charge in [-0.25, -0.2) is 9.59 Å². The summed E-state index contributed by atoms with van der Waals surface area (Å²) in [4.78, 5) is 42.7. The maximum atomic E-state index is 14.1. The Labute approximate surface area is 254 Å². The average molecular weight is 601 g/mol. The van der Waals surface area contributed by atoms with Gasteiger partial charge in [0.1, 0.15) is 17.0 Å². The predicted molar refractivity (Wildman–Crippen MR) is 161 cm³/mol. The summed E-state index contributed by atoms with van der Waals surface area (Å²) >= 11 is 0. The Hall–Kier alpha value is -4.87. The molecule has 0 bridgehead atoms. The van der Waals surface area contributed by atoms with Crippen LogP contribution in [0.1, 0.15) is 68.2 Å². The molecule has 12 heteroatoms. The number of aromatic nitrogens is 4. The van der Waals surface area contributed by atoms with Crippen LogP contribution >= 0.6 is 0 Å². The third-order valence-electron chi connectivity index (χ3n) is 7.52. The number of imidazole rings is 1. The highest BCUT2D eigenvalue weighted by Crippen LogP contribution is 2.29. The fourth-order valence-electron chi connectivity index (χ4n) is 5.25. The van der Waals surface area contributed by atoms with Gasteiger partial charge in [-0.2, -0.15) is 0 Å². The van der Waals surface area contributed by atoms with Gasteiger partial charge in [0.05, 0.1) is 30.1 Å². The first-order valence-corrected chi connectivity index (χ1v) is 14.8. The molecule has 0 spiro atoms. The summed E-state index contributed by atoms with van der Waals surface area (Å²) in [6, 6.07) is 14.2. The SMILES string of the molecule is Cc1nnc(-c2ccccc2CNC(=O)c2c3n(c(=O)n2-c2ccc(OC4CC4)cc2)C[C@@H](C)N(C(=O)OC(C)(C)C)C3)o1. The number of hydrogen-bond acceptors (Lipinski definition) is 8. The summed E-state index contributed by atoms with van der Waals surface area (Å²) in [5.41, 5.74) is 1.49. The largest absolute Gasteiger partial charge is 0.490 e. The van der Waals surface area contributed by atoms with Gasteiger partial charge in [-0.3, -0.25) is 18.8 Å². The van der Waals surface area contributed by atoms with E-state index >= 15 is 0 Å². The van der Waals surface area contributed by atoms with E-state index in [1.807, 2.05) is 31.2 Å². The maximum Gasteiger partial charge on any atom is 0.410 e.